The highest BCUT2D eigenvalue weighted by atomic mass is 32.1. The summed E-state index contributed by atoms with van der Waals surface area (Å²) in [4.78, 5) is 15.2. The molecule has 0 saturated heterocycles. The second kappa shape index (κ2) is 9.33. The van der Waals surface area contributed by atoms with E-state index in [4.69, 9.17) is 18.9 Å². The monoisotopic (exact) mass is 624 g/mol. The summed E-state index contributed by atoms with van der Waals surface area (Å²) in [7, 11) is 0. The lowest BCUT2D eigenvalue weighted by Gasteiger charge is -2.30. The molecule has 4 heterocycles. The molecule has 5 nitrogen and oxygen atoms in total. The zero-order valence-electron chi connectivity index (χ0n) is 23.9. The Balaban J connectivity index is 1.23. The number of ether oxygens (including phenoxy) is 4. The Morgan fingerprint density at radius 3 is 1.56 bits per heavy atom. The molecule has 2 aliphatic heterocycles. The Bertz CT molecular complexity index is 2160. The first kappa shape index (κ1) is 25.5. The molecule has 2 aliphatic carbocycles. The fourth-order valence-corrected chi connectivity index (χ4v) is 10.0. The van der Waals surface area contributed by atoms with Crippen LogP contribution in [0.3, 0.4) is 0 Å². The maximum atomic E-state index is 12.0. The molecular formula is C38H24O5S2. The first-order chi connectivity index (χ1) is 22.3. The molecule has 218 valence electrons. The van der Waals surface area contributed by atoms with Crippen LogP contribution in [0.2, 0.25) is 0 Å². The minimum atomic E-state index is -0.427. The zero-order valence-corrected chi connectivity index (χ0v) is 25.6. The Kier molecular flexibility index (Phi) is 5.28. The summed E-state index contributed by atoms with van der Waals surface area (Å²) < 4.78 is 24.6. The summed E-state index contributed by atoms with van der Waals surface area (Å²) in [5.74, 6) is 2.57. The van der Waals surface area contributed by atoms with Crippen LogP contribution in [0.4, 0.5) is 0 Å². The molecule has 4 aromatic carbocycles. The first-order valence-electron chi connectivity index (χ1n) is 15.0. The number of aldehydes is 1. The number of fused-ring (bicyclic) bond motifs is 12. The third-order valence-corrected chi connectivity index (χ3v) is 11.8. The summed E-state index contributed by atoms with van der Waals surface area (Å²) in [6.45, 7) is 1.78. The van der Waals surface area contributed by atoms with E-state index in [0.29, 0.717) is 48.6 Å². The van der Waals surface area contributed by atoms with E-state index < -0.39 is 5.41 Å². The molecule has 0 N–H and O–H groups in total. The van der Waals surface area contributed by atoms with Gasteiger partial charge in [-0.1, -0.05) is 84.9 Å². The highest BCUT2D eigenvalue weighted by molar-refractivity contribution is 7.25. The molecular weight excluding hydrogens is 601 g/mol. The van der Waals surface area contributed by atoms with Crippen LogP contribution in [0.5, 0.6) is 23.0 Å². The molecule has 6 aromatic rings. The standard InChI is InChI=1S/C38H24O5S2/c39-20-30-31-32(41-16-15-40-31)36(44-30)37-34-33(42-17-18-43-34)35(45-37)21-13-14-25-24-9-3-6-12-28(24)38(29(25)19-21)26-10-4-1-7-22(26)23-8-2-5-11-27(23)38/h1-14,19-20H,15-18H2. The highest BCUT2D eigenvalue weighted by Gasteiger charge is 2.51. The molecule has 0 amide bonds. The quantitative estimate of drug-likeness (QED) is 0.184. The van der Waals surface area contributed by atoms with Crippen molar-refractivity contribution in [1.29, 1.82) is 0 Å². The molecule has 1 spiro atoms. The van der Waals surface area contributed by atoms with Gasteiger partial charge in [-0.2, -0.15) is 0 Å². The Hall–Kier alpha value is -4.85. The van der Waals surface area contributed by atoms with Gasteiger partial charge in [-0.3, -0.25) is 4.79 Å². The minimum absolute atomic E-state index is 0.420. The molecule has 0 fully saturated rings. The van der Waals surface area contributed by atoms with Crippen LogP contribution in [0.15, 0.2) is 91.0 Å². The minimum Gasteiger partial charge on any atom is -0.485 e. The first-order valence-corrected chi connectivity index (χ1v) is 16.7. The third-order valence-electron chi connectivity index (χ3n) is 9.40. The van der Waals surface area contributed by atoms with E-state index in [2.05, 4.69) is 91.0 Å². The van der Waals surface area contributed by atoms with E-state index in [0.717, 1.165) is 32.2 Å². The van der Waals surface area contributed by atoms with E-state index in [1.165, 1.54) is 55.8 Å². The second-order valence-corrected chi connectivity index (χ2v) is 13.6. The van der Waals surface area contributed by atoms with Crippen LogP contribution in [-0.4, -0.2) is 32.7 Å². The number of carbonyl (C=O) groups excluding carboxylic acids is 1. The van der Waals surface area contributed by atoms with Gasteiger partial charge in [0.15, 0.2) is 29.3 Å². The van der Waals surface area contributed by atoms with Gasteiger partial charge in [0.25, 0.3) is 0 Å². The number of rotatable bonds is 3. The summed E-state index contributed by atoms with van der Waals surface area (Å²) in [5, 5.41) is 0. The number of carbonyl (C=O) groups is 1. The van der Waals surface area contributed by atoms with Crippen molar-refractivity contribution in [2.24, 2.45) is 0 Å². The van der Waals surface area contributed by atoms with Gasteiger partial charge in [0.1, 0.15) is 31.3 Å². The SMILES string of the molecule is O=Cc1sc(-c2sc(-c3ccc4c(c3)C3(c5ccccc5-c5ccccc53)c3ccccc3-4)c3c2OCCO3)c2c1OCCO2. The number of hydrogen-bond donors (Lipinski definition) is 0. The van der Waals surface area contributed by atoms with Crippen molar-refractivity contribution in [3.8, 4) is 65.4 Å². The van der Waals surface area contributed by atoms with Crippen LogP contribution < -0.4 is 18.9 Å². The van der Waals surface area contributed by atoms with Crippen LogP contribution in [-0.2, 0) is 5.41 Å². The normalized spacial score (nSPS) is 15.7. The molecule has 4 aliphatic rings. The largest absolute Gasteiger partial charge is 0.485 e. The van der Waals surface area contributed by atoms with Gasteiger partial charge in [0.2, 0.25) is 0 Å². The summed E-state index contributed by atoms with van der Waals surface area (Å²) in [5.41, 5.74) is 10.9. The molecule has 0 saturated carbocycles. The number of thiophene rings is 2. The van der Waals surface area contributed by atoms with E-state index in [9.17, 15) is 4.79 Å². The summed E-state index contributed by atoms with van der Waals surface area (Å²) in [6, 6.07) is 33.4. The molecule has 7 heteroatoms. The fourth-order valence-electron chi connectivity index (χ4n) is 7.73. The molecule has 0 atom stereocenters. The van der Waals surface area contributed by atoms with Crippen molar-refractivity contribution < 1.29 is 23.7 Å². The maximum Gasteiger partial charge on any atom is 0.183 e. The Labute approximate surface area is 267 Å². The van der Waals surface area contributed by atoms with Gasteiger partial charge in [-0.15, -0.1) is 22.7 Å². The summed E-state index contributed by atoms with van der Waals surface area (Å²) in [6.07, 6.45) is 0.842. The van der Waals surface area contributed by atoms with Crippen LogP contribution in [0.25, 0.3) is 42.4 Å². The molecule has 0 unspecified atom stereocenters. The van der Waals surface area contributed by atoms with E-state index in [1.54, 1.807) is 11.3 Å². The van der Waals surface area contributed by atoms with Crippen molar-refractivity contribution >= 4 is 29.0 Å². The molecule has 2 aromatic heterocycles. The lowest BCUT2D eigenvalue weighted by molar-refractivity contribution is 0.111. The molecule has 45 heavy (non-hydrogen) atoms. The van der Waals surface area contributed by atoms with Crippen molar-refractivity contribution in [3.63, 3.8) is 0 Å². The van der Waals surface area contributed by atoms with E-state index >= 15 is 0 Å². The Morgan fingerprint density at radius 1 is 0.511 bits per heavy atom. The lowest BCUT2D eigenvalue weighted by atomic mass is 9.70. The van der Waals surface area contributed by atoms with Crippen molar-refractivity contribution in [2.75, 3.05) is 26.4 Å². The predicted octanol–water partition coefficient (Wildman–Crippen LogP) is 8.84. The van der Waals surface area contributed by atoms with Crippen molar-refractivity contribution in [3.05, 3.63) is 118 Å². The van der Waals surface area contributed by atoms with Crippen LogP contribution in [0.1, 0.15) is 31.9 Å². The molecule has 0 bridgehead atoms. The number of benzene rings is 4. The van der Waals surface area contributed by atoms with Gasteiger partial charge in [0, 0.05) is 0 Å². The van der Waals surface area contributed by atoms with Gasteiger partial charge < -0.3 is 18.9 Å². The number of hydrogen-bond acceptors (Lipinski definition) is 7. The zero-order chi connectivity index (χ0) is 29.7. The van der Waals surface area contributed by atoms with Crippen LogP contribution in [0, 0.1) is 0 Å². The Morgan fingerprint density at radius 2 is 0.978 bits per heavy atom. The maximum absolute atomic E-state index is 12.0. The summed E-state index contributed by atoms with van der Waals surface area (Å²) >= 11 is 3.00. The van der Waals surface area contributed by atoms with Crippen molar-refractivity contribution in [1.82, 2.24) is 0 Å². The van der Waals surface area contributed by atoms with Gasteiger partial charge in [-0.05, 0) is 56.1 Å². The van der Waals surface area contributed by atoms with Gasteiger partial charge in [-0.25, -0.2) is 0 Å². The third kappa shape index (κ3) is 3.24. The average Bonchev–Trinajstić information content (AvgIpc) is 3.83. The van der Waals surface area contributed by atoms with Crippen molar-refractivity contribution in [2.45, 2.75) is 5.41 Å². The van der Waals surface area contributed by atoms with E-state index in [-0.39, 0.29) is 0 Å². The van der Waals surface area contributed by atoms with Gasteiger partial charge >= 0.3 is 0 Å². The highest BCUT2D eigenvalue weighted by Crippen LogP contribution is 2.64. The fraction of sp³-hybridized carbons (Fsp3) is 0.132. The lowest BCUT2D eigenvalue weighted by Crippen LogP contribution is -2.25. The second-order valence-electron chi connectivity index (χ2n) is 11.5. The average molecular weight is 625 g/mol. The topological polar surface area (TPSA) is 54.0 Å². The smallest absolute Gasteiger partial charge is 0.183 e. The molecule has 10 rings (SSSR count). The van der Waals surface area contributed by atoms with E-state index in [1.807, 2.05) is 0 Å². The predicted molar refractivity (Wildman–Crippen MR) is 177 cm³/mol. The molecule has 0 radical (unpaired) electrons. The van der Waals surface area contributed by atoms with Gasteiger partial charge in [0.05, 0.1) is 20.0 Å². The van der Waals surface area contributed by atoms with Crippen LogP contribution >= 0.6 is 22.7 Å².